The van der Waals surface area contributed by atoms with Crippen molar-refractivity contribution >= 4 is 88.3 Å². The second-order valence-corrected chi connectivity index (χ2v) is 39.2. The number of hydrogen-bond donors (Lipinski definition) is 0. The van der Waals surface area contributed by atoms with Crippen LogP contribution < -0.4 is 18.3 Å². The summed E-state index contributed by atoms with van der Waals surface area (Å²) in [7, 11) is 8.42. The van der Waals surface area contributed by atoms with Gasteiger partial charge in [0.2, 0.25) is 45.6 Å². The normalized spacial score (nSPS) is 11.9. The van der Waals surface area contributed by atoms with Crippen molar-refractivity contribution in [2.75, 3.05) is 0 Å². The first-order valence-electron chi connectivity index (χ1n) is 47.5. The first-order chi connectivity index (χ1) is 63.8. The van der Waals surface area contributed by atoms with E-state index in [1.54, 1.807) is 0 Å². The summed E-state index contributed by atoms with van der Waals surface area (Å²) in [6, 6.07) is 87.7. The average Bonchev–Trinajstić information content (AvgIpc) is 1.70. The molecule has 0 aliphatic carbocycles. The molecule has 0 unspecified atom stereocenters. The van der Waals surface area contributed by atoms with Gasteiger partial charge < -0.3 is 17.7 Å². The third-order valence-corrected chi connectivity index (χ3v) is 26.6. The highest BCUT2D eigenvalue weighted by atomic mass is 16.4. The Hall–Kier alpha value is -13.8. The highest BCUT2D eigenvalue weighted by Gasteiger charge is 2.30. The van der Waals surface area contributed by atoms with Gasteiger partial charge in [-0.05, 0) is 221 Å². The van der Waals surface area contributed by atoms with Crippen molar-refractivity contribution in [3.05, 3.63) is 335 Å². The Morgan fingerprint density at radius 2 is 0.564 bits per heavy atom. The minimum atomic E-state index is 0.358. The quantitative estimate of drug-likeness (QED) is 0.0827. The summed E-state index contributed by atoms with van der Waals surface area (Å²) in [4.78, 5) is 19.2. The molecule has 12 aromatic heterocycles. The van der Waals surface area contributed by atoms with Crippen LogP contribution in [-0.2, 0) is 34.6 Å². The van der Waals surface area contributed by atoms with Gasteiger partial charge in [-0.25, -0.2) is 38.2 Å². The van der Waals surface area contributed by atoms with E-state index in [2.05, 4.69) is 452 Å². The van der Waals surface area contributed by atoms with Gasteiger partial charge in [-0.2, -0.15) is 0 Å². The molecule has 133 heavy (non-hydrogen) atoms. The number of fused-ring (bicyclic) bond motifs is 12. The number of nitrogens with zero attached hydrogens (tertiary/aromatic N) is 8. The standard InChI is InChI=1S/C31H33N2O.3C30H31N2O/c1-19(2)17-22-8-10-23(11-9-22)24-12-16-28(33(6)18-24)29-21(5)7-13-25-26-14-15-27(20(3)4)32-31(26)34-30(25)29;1-18(2)21-8-10-22(11-9-21)23-12-16-27(32(6)17-23)28-20(5)7-13-24-25-14-15-26(19(3)4)31-30(25)33-29(24)28;1-18(2)21-8-10-22(11-9-21)23-15-16-32(6)27(17-23)28-20(5)7-12-24-25-13-14-26(19(3)4)31-30(25)33-29(24)28;1-18(2)21-10-12-22(13-11-21)23-8-7-17-32(6)28(23)27-20(5)9-14-24-25-15-16-26(19(3)4)31-30(25)33-29(24)27/h7-16,18-20H,17H2,1-6H3;3*7-19H,1-6H3/q4*+1. The fourth-order valence-corrected chi connectivity index (χ4v) is 18.6. The van der Waals surface area contributed by atoms with Gasteiger partial charge in [0.05, 0.1) is 27.8 Å². The molecule has 12 heteroatoms. The Balaban J connectivity index is 0.000000124. The topological polar surface area (TPSA) is 120 Å². The minimum Gasteiger partial charge on any atom is -0.437 e. The molecular weight excluding hydrogens is 1630 g/mol. The van der Waals surface area contributed by atoms with Gasteiger partial charge in [-0.15, -0.1) is 0 Å². The van der Waals surface area contributed by atoms with Gasteiger partial charge in [0.1, 0.15) is 28.2 Å². The summed E-state index contributed by atoms with van der Waals surface area (Å²) in [6.07, 6.45) is 9.77. The zero-order chi connectivity index (χ0) is 93.8. The Labute approximate surface area is 783 Å². The molecule has 0 aliphatic heterocycles. The Morgan fingerprint density at radius 1 is 0.256 bits per heavy atom. The van der Waals surface area contributed by atoms with Crippen LogP contribution in [0.1, 0.15) is 219 Å². The van der Waals surface area contributed by atoms with E-state index >= 15 is 0 Å². The van der Waals surface area contributed by atoms with Crippen molar-refractivity contribution < 1.29 is 35.9 Å². The van der Waals surface area contributed by atoms with Crippen LogP contribution in [0, 0.1) is 33.6 Å². The van der Waals surface area contributed by atoms with Crippen molar-refractivity contribution in [3.63, 3.8) is 0 Å². The van der Waals surface area contributed by atoms with Crippen molar-refractivity contribution in [3.8, 4) is 89.5 Å². The van der Waals surface area contributed by atoms with Gasteiger partial charge in [-0.1, -0.05) is 256 Å². The van der Waals surface area contributed by atoms with Crippen LogP contribution in [0.15, 0.2) is 285 Å². The number of furan rings is 4. The predicted octanol–water partition coefficient (Wildman–Crippen LogP) is 30.9. The van der Waals surface area contributed by atoms with Crippen molar-refractivity contribution in [1.29, 1.82) is 0 Å². The van der Waals surface area contributed by atoms with Crippen LogP contribution >= 0.6 is 0 Å². The summed E-state index contributed by atoms with van der Waals surface area (Å²) in [6.45, 7) is 43.8. The number of rotatable bonds is 17. The van der Waals surface area contributed by atoms with Gasteiger partial charge in [0, 0.05) is 107 Å². The van der Waals surface area contributed by atoms with Gasteiger partial charge >= 0.3 is 0 Å². The smallest absolute Gasteiger partial charge is 0.227 e. The molecule has 12 heterocycles. The van der Waals surface area contributed by atoms with Crippen molar-refractivity contribution in [1.82, 2.24) is 19.9 Å². The zero-order valence-electron chi connectivity index (χ0n) is 81.9. The SMILES string of the molecule is Cc1ccc2c(oc3nc(C(C)C)ccc32)c1-c1c(-c2ccc(C(C)C)cc2)ccc[n+]1C.Cc1ccc2c(oc3nc(C(C)C)ccc32)c1-c1cc(-c2ccc(C(C)C)cc2)cc[n+]1C.Cc1ccc2c(oc3nc(C(C)C)ccc32)c1-c1ccc(-c2ccc(C(C)C)cc2)c[n+]1C.Cc1ccc2c(oc3nc(C(C)C)ccc32)c1-c1ccc(-c2ccc(CC(C)C)cc2)c[n+]1C. The Kier molecular flexibility index (Phi) is 25.9. The van der Waals surface area contributed by atoms with Crippen molar-refractivity contribution in [2.24, 2.45) is 34.1 Å². The summed E-state index contributed by atoms with van der Waals surface area (Å²) >= 11 is 0. The van der Waals surface area contributed by atoms with Crippen LogP contribution in [-0.4, -0.2) is 19.9 Å². The van der Waals surface area contributed by atoms with Gasteiger partial charge in [0.25, 0.3) is 0 Å². The summed E-state index contributed by atoms with van der Waals surface area (Å²) in [5.74, 6) is 3.70. The maximum absolute atomic E-state index is 6.48. The molecule has 12 nitrogen and oxygen atoms in total. The molecule has 0 saturated heterocycles. The molecule has 0 saturated carbocycles. The maximum atomic E-state index is 6.48. The van der Waals surface area contributed by atoms with Crippen LogP contribution in [0.25, 0.3) is 178 Å². The van der Waals surface area contributed by atoms with E-state index in [1.165, 1.54) is 89.0 Å². The number of pyridine rings is 8. The van der Waals surface area contributed by atoms with E-state index in [0.717, 1.165) is 140 Å². The fraction of sp³-hybridized carbons (Fsp3) is 0.273. The van der Waals surface area contributed by atoms with Gasteiger partial charge in [-0.3, -0.25) is 0 Å². The second-order valence-electron chi connectivity index (χ2n) is 39.2. The van der Waals surface area contributed by atoms with E-state index in [-0.39, 0.29) is 0 Å². The molecule has 20 aromatic rings. The molecule has 0 atom stereocenters. The lowest BCUT2D eigenvalue weighted by molar-refractivity contribution is -0.660. The molecule has 0 N–H and O–H groups in total. The molecule has 20 rings (SSSR count). The van der Waals surface area contributed by atoms with Crippen LogP contribution in [0.5, 0.6) is 0 Å². The van der Waals surface area contributed by atoms with Crippen LogP contribution in [0.3, 0.4) is 0 Å². The molecule has 8 aromatic carbocycles. The van der Waals surface area contributed by atoms with Crippen LogP contribution in [0.4, 0.5) is 0 Å². The monoisotopic (exact) mass is 1750 g/mol. The summed E-state index contributed by atoms with van der Waals surface area (Å²) < 4.78 is 34.5. The van der Waals surface area contributed by atoms with Crippen molar-refractivity contribution in [2.45, 2.75) is 186 Å². The Morgan fingerprint density at radius 3 is 0.902 bits per heavy atom. The lowest BCUT2D eigenvalue weighted by Crippen LogP contribution is -2.31. The Bertz CT molecular complexity index is 7740. The third-order valence-electron chi connectivity index (χ3n) is 26.6. The number of aryl methyl sites for hydroxylation is 8. The average molecular weight is 1760 g/mol. The summed E-state index contributed by atoms with van der Waals surface area (Å²) in [5, 5.41) is 8.72. The molecule has 0 spiro atoms. The van der Waals surface area contributed by atoms with E-state index < -0.39 is 0 Å². The van der Waals surface area contributed by atoms with Gasteiger partial charge in [0.15, 0.2) is 47.1 Å². The molecular formula is C121H126N8O4+4. The van der Waals surface area contributed by atoms with E-state index in [1.807, 2.05) is 0 Å². The number of aromatic nitrogens is 8. The molecule has 670 valence electrons. The van der Waals surface area contributed by atoms with Crippen LogP contribution in [0.2, 0.25) is 0 Å². The molecule has 0 bridgehead atoms. The third kappa shape index (κ3) is 18.3. The lowest BCUT2D eigenvalue weighted by Gasteiger charge is -2.12. The maximum Gasteiger partial charge on any atom is 0.227 e. The van der Waals surface area contributed by atoms with E-state index in [4.69, 9.17) is 37.6 Å². The first kappa shape index (κ1) is 91.1. The minimum absolute atomic E-state index is 0.358. The number of hydrogen-bond acceptors (Lipinski definition) is 8. The fourth-order valence-electron chi connectivity index (χ4n) is 18.6. The van der Waals surface area contributed by atoms with E-state index in [9.17, 15) is 0 Å². The molecule has 0 radical (unpaired) electrons. The highest BCUT2D eigenvalue weighted by molar-refractivity contribution is 6.13. The zero-order valence-corrected chi connectivity index (χ0v) is 81.9. The molecule has 0 fully saturated rings. The number of benzene rings is 8. The molecule has 0 amide bonds. The summed E-state index contributed by atoms with van der Waals surface area (Å²) in [5.41, 5.74) is 39.7. The van der Waals surface area contributed by atoms with E-state index in [0.29, 0.717) is 70.2 Å². The second kappa shape index (κ2) is 37.8. The molecule has 0 aliphatic rings. The lowest BCUT2D eigenvalue weighted by atomic mass is 9.93. The predicted molar refractivity (Wildman–Crippen MR) is 550 cm³/mol. The first-order valence-corrected chi connectivity index (χ1v) is 47.5. The highest BCUT2D eigenvalue weighted by Crippen LogP contribution is 2.45. The largest absolute Gasteiger partial charge is 0.437 e.